The zero-order chi connectivity index (χ0) is 40.6. The van der Waals surface area contributed by atoms with E-state index in [1.165, 1.54) is 40.9 Å². The Balaban J connectivity index is 1.09. The van der Waals surface area contributed by atoms with Crippen LogP contribution in [0.1, 0.15) is 28.8 Å². The average Bonchev–Trinajstić information content (AvgIpc) is 3.84. The van der Waals surface area contributed by atoms with Crippen LogP contribution < -0.4 is 16.0 Å². The van der Waals surface area contributed by atoms with E-state index < -0.39 is 40.7 Å². The minimum absolute atomic E-state index is 0.112. The number of anilines is 2. The molecule has 58 heavy (non-hydrogen) atoms. The largest absolute Gasteiger partial charge is 0.504 e. The number of oxime groups is 1. The van der Waals surface area contributed by atoms with Gasteiger partial charge < -0.3 is 36.1 Å². The van der Waals surface area contributed by atoms with Gasteiger partial charge in [0.05, 0.1) is 0 Å². The number of phenols is 2. The third-order valence-electron chi connectivity index (χ3n) is 10.0. The molecule has 0 spiro atoms. The second kappa shape index (κ2) is 15.6. The summed E-state index contributed by atoms with van der Waals surface area (Å²) in [7, 11) is 0. The van der Waals surface area contributed by atoms with Gasteiger partial charge in [0.1, 0.15) is 22.8 Å². The third-order valence-corrected chi connectivity index (χ3v) is 12.0. The molecule has 292 valence electrons. The van der Waals surface area contributed by atoms with E-state index in [-0.39, 0.29) is 58.0 Å². The molecule has 0 bridgehead atoms. The molecule has 0 radical (unpaired) electrons. The number of hydrogen-bond donors (Lipinski definition) is 5. The SMILES string of the molecule is Nc1nc(C(=NOC(c2ccccc2)(c2ccccc2)c2ccccc2)C(=O)N[C@@H]2C(=O)N3C(C(=O)O)=C(C=C4CCN(c5ccc(O)c(O)c5)C4=O)CS[C@H]23)cs1. The standard InChI is InChI=1S/C42H34N6O8S2/c43-41-44-30(23-58-41)33(46-56-42(26-10-4-1-5-11-26,27-12-6-2-7-13-27)28-14-8-3-9-15-28)36(51)45-34-38(53)48-35(40(54)55)25(22-57-39(34)48)20-24-18-19-47(37(24)52)29-16-17-31(49)32(50)21-29/h1-17,20-21,23,34,39,49-50H,18-19,22H2,(H2,43,44)(H,45,51)(H,54,55)/t34-,39-/m1/s1. The number of aliphatic carboxylic acids is 1. The Bertz CT molecular complexity index is 2430. The molecule has 0 unspecified atom stereocenters. The van der Waals surface area contributed by atoms with Crippen molar-refractivity contribution in [1.29, 1.82) is 0 Å². The van der Waals surface area contributed by atoms with E-state index in [0.717, 1.165) is 32.9 Å². The molecule has 16 heteroatoms. The zero-order valence-electron chi connectivity index (χ0n) is 30.4. The van der Waals surface area contributed by atoms with Crippen LogP contribution in [0.2, 0.25) is 0 Å². The fraction of sp³-hybridized carbons (Fsp3) is 0.143. The van der Waals surface area contributed by atoms with Crippen LogP contribution in [0.25, 0.3) is 0 Å². The van der Waals surface area contributed by atoms with Gasteiger partial charge in [0.2, 0.25) is 5.60 Å². The number of carbonyl (C=O) groups is 4. The summed E-state index contributed by atoms with van der Waals surface area (Å²) in [5.74, 6) is -3.81. The summed E-state index contributed by atoms with van der Waals surface area (Å²) in [6.45, 7) is 0.262. The number of amides is 3. The van der Waals surface area contributed by atoms with Crippen molar-refractivity contribution in [1.82, 2.24) is 15.2 Å². The number of nitrogens with one attached hydrogen (secondary N) is 1. The lowest BCUT2D eigenvalue weighted by atomic mass is 9.80. The van der Waals surface area contributed by atoms with Crippen LogP contribution >= 0.6 is 23.1 Å². The van der Waals surface area contributed by atoms with Gasteiger partial charge in [0.15, 0.2) is 22.3 Å². The first kappa shape index (κ1) is 38.0. The number of carbonyl (C=O) groups excluding carboxylic acids is 3. The number of fused-ring (bicyclic) bond motifs is 1. The van der Waals surface area contributed by atoms with Crippen LogP contribution in [0.15, 0.2) is 143 Å². The summed E-state index contributed by atoms with van der Waals surface area (Å²) in [6.07, 6.45) is 1.77. The molecular weight excluding hydrogens is 781 g/mol. The van der Waals surface area contributed by atoms with E-state index in [2.05, 4.69) is 15.5 Å². The molecule has 2 saturated heterocycles. The van der Waals surface area contributed by atoms with E-state index in [9.17, 15) is 34.5 Å². The number of carboxylic acid groups (broad SMARTS) is 1. The van der Waals surface area contributed by atoms with E-state index in [4.69, 9.17) is 10.6 Å². The molecule has 0 aliphatic carbocycles. The number of hydrogen-bond acceptors (Lipinski definition) is 12. The molecule has 8 rings (SSSR count). The lowest BCUT2D eigenvalue weighted by Crippen LogP contribution is -2.71. The molecule has 2 fully saturated rings. The maximum Gasteiger partial charge on any atom is 0.352 e. The van der Waals surface area contributed by atoms with Crippen molar-refractivity contribution in [2.75, 3.05) is 22.9 Å². The first-order valence-corrected chi connectivity index (χ1v) is 19.9. The van der Waals surface area contributed by atoms with E-state index in [0.29, 0.717) is 11.3 Å². The number of rotatable bonds is 11. The minimum Gasteiger partial charge on any atom is -0.504 e. The third kappa shape index (κ3) is 6.81. The highest BCUT2D eigenvalue weighted by Gasteiger charge is 2.54. The second-order valence-corrected chi connectivity index (χ2v) is 15.5. The normalized spacial score (nSPS) is 18.9. The topological polar surface area (TPSA) is 208 Å². The summed E-state index contributed by atoms with van der Waals surface area (Å²) < 4.78 is 0. The molecule has 4 heterocycles. The number of nitrogens with zero attached hydrogens (tertiary/aromatic N) is 4. The van der Waals surface area contributed by atoms with Crippen molar-refractivity contribution in [3.8, 4) is 11.5 Å². The van der Waals surface area contributed by atoms with Gasteiger partial charge in [-0.05, 0) is 30.2 Å². The van der Waals surface area contributed by atoms with Crippen molar-refractivity contribution < 1.29 is 39.3 Å². The number of aromatic nitrogens is 1. The molecule has 5 aromatic rings. The summed E-state index contributed by atoms with van der Waals surface area (Å²) in [5.41, 5.74) is 7.35. The van der Waals surface area contributed by atoms with Crippen molar-refractivity contribution >= 4 is 63.3 Å². The molecular formula is C42H34N6O8S2. The highest BCUT2D eigenvalue weighted by molar-refractivity contribution is 8.00. The van der Waals surface area contributed by atoms with Crippen LogP contribution in [0.4, 0.5) is 10.8 Å². The fourth-order valence-electron chi connectivity index (χ4n) is 7.24. The first-order chi connectivity index (χ1) is 28.1. The van der Waals surface area contributed by atoms with Crippen molar-refractivity contribution in [2.45, 2.75) is 23.4 Å². The Morgan fingerprint density at radius 3 is 2.09 bits per heavy atom. The lowest BCUT2D eigenvalue weighted by Gasteiger charge is -2.49. The Hall–Kier alpha value is -6.91. The predicted octanol–water partition coefficient (Wildman–Crippen LogP) is 4.95. The van der Waals surface area contributed by atoms with E-state index in [1.807, 2.05) is 91.0 Å². The monoisotopic (exact) mass is 814 g/mol. The van der Waals surface area contributed by atoms with Crippen LogP contribution in [0, 0.1) is 0 Å². The van der Waals surface area contributed by atoms with E-state index >= 15 is 0 Å². The summed E-state index contributed by atoms with van der Waals surface area (Å²) in [6, 6.07) is 31.2. The van der Waals surface area contributed by atoms with Gasteiger partial charge in [-0.1, -0.05) is 96.2 Å². The summed E-state index contributed by atoms with van der Waals surface area (Å²) >= 11 is 2.33. The summed E-state index contributed by atoms with van der Waals surface area (Å²) in [4.78, 5) is 67.5. The highest BCUT2D eigenvalue weighted by Crippen LogP contribution is 2.43. The Kier molecular flexibility index (Phi) is 10.2. The molecule has 3 aliphatic rings. The molecule has 14 nitrogen and oxygen atoms in total. The van der Waals surface area contributed by atoms with Crippen molar-refractivity contribution in [3.63, 3.8) is 0 Å². The second-order valence-electron chi connectivity index (χ2n) is 13.5. The molecule has 3 amide bonds. The molecule has 3 aliphatic heterocycles. The number of nitrogens with two attached hydrogens (primary N) is 1. The van der Waals surface area contributed by atoms with Gasteiger partial charge in [-0.15, -0.1) is 23.1 Å². The van der Waals surface area contributed by atoms with Gasteiger partial charge in [-0.3, -0.25) is 19.3 Å². The first-order valence-electron chi connectivity index (χ1n) is 18.0. The number of thiazole rings is 1. The van der Waals surface area contributed by atoms with Crippen LogP contribution in [0.5, 0.6) is 11.5 Å². The van der Waals surface area contributed by atoms with Gasteiger partial charge in [-0.25, -0.2) is 9.78 Å². The fourth-order valence-corrected chi connectivity index (χ4v) is 9.09. The number of β-lactam (4-membered cyclic amide) rings is 1. The van der Waals surface area contributed by atoms with Gasteiger partial charge in [0.25, 0.3) is 17.7 Å². The maximum absolute atomic E-state index is 14.2. The number of carboxylic acids is 1. The Morgan fingerprint density at radius 1 is 0.914 bits per heavy atom. The number of benzene rings is 4. The zero-order valence-corrected chi connectivity index (χ0v) is 32.0. The molecule has 4 aromatic carbocycles. The maximum atomic E-state index is 14.2. The minimum atomic E-state index is -1.37. The molecule has 6 N–H and O–H groups in total. The lowest BCUT2D eigenvalue weighted by molar-refractivity contribution is -0.150. The molecule has 0 saturated carbocycles. The van der Waals surface area contributed by atoms with Crippen molar-refractivity contribution in [2.24, 2.45) is 5.16 Å². The van der Waals surface area contributed by atoms with Crippen LogP contribution in [0.3, 0.4) is 0 Å². The van der Waals surface area contributed by atoms with Crippen LogP contribution in [-0.2, 0) is 29.6 Å². The molecule has 1 aromatic heterocycles. The van der Waals surface area contributed by atoms with Gasteiger partial charge >= 0.3 is 5.97 Å². The van der Waals surface area contributed by atoms with Gasteiger partial charge in [-0.2, -0.15) is 0 Å². The average molecular weight is 815 g/mol. The Labute approximate surface area is 339 Å². The Morgan fingerprint density at radius 2 is 1.53 bits per heavy atom. The summed E-state index contributed by atoms with van der Waals surface area (Å²) in [5, 5.41) is 38.2. The van der Waals surface area contributed by atoms with Crippen LogP contribution in [-0.4, -0.2) is 78.3 Å². The quantitative estimate of drug-likeness (QED) is 0.0301. The van der Waals surface area contributed by atoms with E-state index in [1.54, 1.807) is 5.38 Å². The molecule has 2 atom stereocenters. The predicted molar refractivity (Wildman–Crippen MR) is 218 cm³/mol. The smallest absolute Gasteiger partial charge is 0.352 e. The number of allylic oxidation sites excluding steroid dienone is 1. The van der Waals surface area contributed by atoms with Gasteiger partial charge in [0, 0.05) is 51.7 Å². The van der Waals surface area contributed by atoms with Crippen molar-refractivity contribution in [3.05, 3.63) is 160 Å². The highest BCUT2D eigenvalue weighted by atomic mass is 32.2. The number of phenolic OH excluding ortho intramolecular Hbond substituents is 2. The number of nitrogen functional groups attached to an aromatic ring is 1. The number of aromatic hydroxyl groups is 2. The number of thioether (sulfide) groups is 1.